The number of aromatic nitrogens is 2. The van der Waals surface area contributed by atoms with Gasteiger partial charge < -0.3 is 10.1 Å². The van der Waals surface area contributed by atoms with Gasteiger partial charge in [0, 0.05) is 17.4 Å². The van der Waals surface area contributed by atoms with Crippen LogP contribution in [-0.2, 0) is 6.18 Å². The molecule has 0 fully saturated rings. The zero-order chi connectivity index (χ0) is 16.5. The predicted molar refractivity (Wildman–Crippen MR) is 80.5 cm³/mol. The van der Waals surface area contributed by atoms with E-state index in [9.17, 15) is 13.2 Å². The van der Waals surface area contributed by atoms with E-state index in [1.165, 1.54) is 7.11 Å². The lowest BCUT2D eigenvalue weighted by molar-refractivity contribution is -0.144. The summed E-state index contributed by atoms with van der Waals surface area (Å²) >= 11 is 3.15. The molecule has 0 unspecified atom stereocenters. The Labute approximate surface area is 133 Å². The van der Waals surface area contributed by atoms with Gasteiger partial charge in [-0.25, -0.2) is 9.97 Å². The van der Waals surface area contributed by atoms with Crippen LogP contribution >= 0.6 is 15.9 Å². The van der Waals surface area contributed by atoms with E-state index < -0.39 is 12.0 Å². The molecule has 0 saturated heterocycles. The van der Waals surface area contributed by atoms with Crippen LogP contribution in [0.3, 0.4) is 0 Å². The highest BCUT2D eigenvalue weighted by Crippen LogP contribution is 2.34. The molecule has 0 bridgehead atoms. The summed E-state index contributed by atoms with van der Waals surface area (Å²) in [4.78, 5) is 6.82. The fraction of sp³-hybridized carbons (Fsp3) is 0.286. The summed E-state index contributed by atoms with van der Waals surface area (Å²) in [5, 5.41) is 2.92. The quantitative estimate of drug-likeness (QED) is 0.849. The third kappa shape index (κ3) is 3.32. The van der Waals surface area contributed by atoms with Crippen LogP contribution in [0.4, 0.5) is 24.7 Å². The van der Waals surface area contributed by atoms with E-state index in [0.29, 0.717) is 15.9 Å². The molecule has 0 spiro atoms. The lowest BCUT2D eigenvalue weighted by atomic mass is 10.1. The van der Waals surface area contributed by atoms with Crippen LogP contribution in [0.1, 0.15) is 17.0 Å². The number of hydrogen-bond donors (Lipinski definition) is 1. The monoisotopic (exact) mass is 375 g/mol. The minimum Gasteiger partial charge on any atom is -0.496 e. The van der Waals surface area contributed by atoms with Crippen molar-refractivity contribution >= 4 is 27.4 Å². The first kappa shape index (κ1) is 16.5. The molecule has 1 heterocycles. The smallest absolute Gasteiger partial charge is 0.451 e. The second-order valence-corrected chi connectivity index (χ2v) is 5.45. The van der Waals surface area contributed by atoms with Crippen molar-refractivity contribution in [1.82, 2.24) is 9.97 Å². The molecule has 1 aromatic carbocycles. The molecule has 8 heteroatoms. The zero-order valence-corrected chi connectivity index (χ0v) is 13.6. The van der Waals surface area contributed by atoms with Gasteiger partial charge in [-0.3, -0.25) is 0 Å². The molecule has 0 aliphatic carbocycles. The molecule has 118 valence electrons. The van der Waals surface area contributed by atoms with Crippen LogP contribution in [0.2, 0.25) is 0 Å². The fourth-order valence-corrected chi connectivity index (χ4v) is 2.24. The molecule has 0 radical (unpaired) electrons. The van der Waals surface area contributed by atoms with Gasteiger partial charge in [0.15, 0.2) is 0 Å². The number of methoxy groups -OCH3 is 1. The molecule has 0 amide bonds. The van der Waals surface area contributed by atoms with E-state index in [1.807, 2.05) is 19.9 Å². The normalized spacial score (nSPS) is 11.4. The van der Waals surface area contributed by atoms with Crippen molar-refractivity contribution in [2.45, 2.75) is 20.0 Å². The first-order valence-corrected chi connectivity index (χ1v) is 7.04. The van der Waals surface area contributed by atoms with Crippen molar-refractivity contribution in [3.8, 4) is 5.75 Å². The standard InChI is InChI=1S/C14H13BrF3N3O/c1-7-4-5-10(22-3)8(2)11(7)20-12-9(15)6-19-13(21-12)14(16,17)18/h4-6H,1-3H3,(H,19,20,21). The Balaban J connectivity index is 2.48. The van der Waals surface area contributed by atoms with Gasteiger partial charge in [-0.2, -0.15) is 13.2 Å². The lowest BCUT2D eigenvalue weighted by Gasteiger charge is -2.16. The van der Waals surface area contributed by atoms with E-state index in [0.717, 1.165) is 17.3 Å². The van der Waals surface area contributed by atoms with Crippen LogP contribution < -0.4 is 10.1 Å². The van der Waals surface area contributed by atoms with Crippen molar-refractivity contribution in [2.24, 2.45) is 0 Å². The molecular formula is C14H13BrF3N3O. The Morgan fingerprint density at radius 2 is 1.91 bits per heavy atom. The largest absolute Gasteiger partial charge is 0.496 e. The summed E-state index contributed by atoms with van der Waals surface area (Å²) in [6, 6.07) is 3.61. The fourth-order valence-electron chi connectivity index (χ4n) is 1.95. The summed E-state index contributed by atoms with van der Waals surface area (Å²) in [7, 11) is 1.53. The Hall–Kier alpha value is -1.83. The average molecular weight is 376 g/mol. The highest BCUT2D eigenvalue weighted by Gasteiger charge is 2.35. The summed E-state index contributed by atoms with van der Waals surface area (Å²) in [6.45, 7) is 3.66. The average Bonchev–Trinajstić information content (AvgIpc) is 2.44. The maximum Gasteiger partial charge on any atom is 0.451 e. The highest BCUT2D eigenvalue weighted by atomic mass is 79.9. The van der Waals surface area contributed by atoms with Gasteiger partial charge >= 0.3 is 6.18 Å². The van der Waals surface area contributed by atoms with Crippen LogP contribution in [0.25, 0.3) is 0 Å². The zero-order valence-electron chi connectivity index (χ0n) is 12.0. The number of benzene rings is 1. The molecule has 1 aromatic heterocycles. The summed E-state index contributed by atoms with van der Waals surface area (Å²) in [5.41, 5.74) is 2.28. The summed E-state index contributed by atoms with van der Waals surface area (Å²) in [6.07, 6.45) is -3.53. The first-order valence-electron chi connectivity index (χ1n) is 6.25. The topological polar surface area (TPSA) is 47.0 Å². The van der Waals surface area contributed by atoms with E-state index in [1.54, 1.807) is 6.07 Å². The highest BCUT2D eigenvalue weighted by molar-refractivity contribution is 9.10. The van der Waals surface area contributed by atoms with Gasteiger partial charge in [0.25, 0.3) is 0 Å². The Bertz CT molecular complexity index is 704. The van der Waals surface area contributed by atoms with Gasteiger partial charge in [0.2, 0.25) is 5.82 Å². The number of aryl methyl sites for hydroxylation is 1. The van der Waals surface area contributed by atoms with Crippen molar-refractivity contribution < 1.29 is 17.9 Å². The third-order valence-electron chi connectivity index (χ3n) is 3.08. The molecule has 0 aliphatic heterocycles. The maximum atomic E-state index is 12.7. The van der Waals surface area contributed by atoms with Crippen LogP contribution in [0, 0.1) is 13.8 Å². The molecular weight excluding hydrogens is 363 g/mol. The number of rotatable bonds is 3. The minimum absolute atomic E-state index is 0.0433. The molecule has 2 rings (SSSR count). The number of ether oxygens (including phenoxy) is 1. The molecule has 2 aromatic rings. The molecule has 0 saturated carbocycles. The molecule has 4 nitrogen and oxygen atoms in total. The lowest BCUT2D eigenvalue weighted by Crippen LogP contribution is -2.12. The first-order chi connectivity index (χ1) is 10.2. The van der Waals surface area contributed by atoms with Crippen LogP contribution in [0.5, 0.6) is 5.75 Å². The molecule has 1 N–H and O–H groups in total. The van der Waals surface area contributed by atoms with Gasteiger partial charge in [0.1, 0.15) is 11.6 Å². The van der Waals surface area contributed by atoms with Crippen molar-refractivity contribution in [2.75, 3.05) is 12.4 Å². The Morgan fingerprint density at radius 3 is 2.50 bits per heavy atom. The number of nitrogens with zero attached hydrogens (tertiary/aromatic N) is 2. The van der Waals surface area contributed by atoms with Crippen LogP contribution in [-0.4, -0.2) is 17.1 Å². The number of hydrogen-bond acceptors (Lipinski definition) is 4. The molecule has 0 aliphatic rings. The van der Waals surface area contributed by atoms with Gasteiger partial charge in [-0.05, 0) is 41.4 Å². The molecule has 22 heavy (non-hydrogen) atoms. The van der Waals surface area contributed by atoms with E-state index in [-0.39, 0.29) is 5.82 Å². The van der Waals surface area contributed by atoms with Crippen molar-refractivity contribution in [3.05, 3.63) is 39.8 Å². The van der Waals surface area contributed by atoms with E-state index in [4.69, 9.17) is 4.74 Å². The van der Waals surface area contributed by atoms with Gasteiger partial charge in [-0.15, -0.1) is 0 Å². The number of anilines is 2. The summed E-state index contributed by atoms with van der Waals surface area (Å²) < 4.78 is 43.7. The third-order valence-corrected chi connectivity index (χ3v) is 3.66. The van der Waals surface area contributed by atoms with E-state index >= 15 is 0 Å². The number of nitrogens with one attached hydrogen (secondary N) is 1. The van der Waals surface area contributed by atoms with Crippen molar-refractivity contribution in [3.63, 3.8) is 0 Å². The number of alkyl halides is 3. The SMILES string of the molecule is COc1ccc(C)c(Nc2nc(C(F)(F)F)ncc2Br)c1C. The Kier molecular flexibility index (Phi) is 4.60. The minimum atomic E-state index is -4.60. The predicted octanol–water partition coefficient (Wildman–Crippen LogP) is 4.63. The second-order valence-electron chi connectivity index (χ2n) is 4.60. The van der Waals surface area contributed by atoms with Crippen molar-refractivity contribution in [1.29, 1.82) is 0 Å². The summed E-state index contributed by atoms with van der Waals surface area (Å²) in [5.74, 6) is -0.521. The number of halogens is 4. The van der Waals surface area contributed by atoms with Gasteiger partial charge in [-0.1, -0.05) is 6.07 Å². The Morgan fingerprint density at radius 1 is 1.23 bits per heavy atom. The maximum absolute atomic E-state index is 12.7. The molecule has 0 atom stereocenters. The second kappa shape index (κ2) is 6.12. The van der Waals surface area contributed by atoms with Crippen LogP contribution in [0.15, 0.2) is 22.8 Å². The van der Waals surface area contributed by atoms with Gasteiger partial charge in [0.05, 0.1) is 11.6 Å². The van der Waals surface area contributed by atoms with E-state index in [2.05, 4.69) is 31.2 Å².